The van der Waals surface area contributed by atoms with Gasteiger partial charge in [0.25, 0.3) is 0 Å². The van der Waals surface area contributed by atoms with Gasteiger partial charge < -0.3 is 15.2 Å². The number of amides is 1. The van der Waals surface area contributed by atoms with Crippen molar-refractivity contribution in [1.82, 2.24) is 34.4 Å². The lowest BCUT2D eigenvalue weighted by Crippen LogP contribution is -2.33. The van der Waals surface area contributed by atoms with Crippen LogP contribution in [0.25, 0.3) is 27.9 Å². The van der Waals surface area contributed by atoms with Gasteiger partial charge in [0, 0.05) is 63.0 Å². The van der Waals surface area contributed by atoms with Gasteiger partial charge in [-0.25, -0.2) is 14.5 Å². The number of H-pyrrole nitrogens is 1. The lowest BCUT2D eigenvalue weighted by molar-refractivity contribution is -0.129. The van der Waals surface area contributed by atoms with Gasteiger partial charge >= 0.3 is 0 Å². The van der Waals surface area contributed by atoms with Crippen LogP contribution in [0.3, 0.4) is 0 Å². The van der Waals surface area contributed by atoms with Gasteiger partial charge in [0.1, 0.15) is 12.1 Å². The van der Waals surface area contributed by atoms with E-state index in [9.17, 15) is 4.79 Å². The van der Waals surface area contributed by atoms with Crippen LogP contribution >= 0.6 is 0 Å². The molecule has 5 heterocycles. The number of fused-ring (bicyclic) bond motifs is 2. The van der Waals surface area contributed by atoms with Crippen LogP contribution in [0.1, 0.15) is 56.2 Å². The number of aryl methyl sites for hydroxylation is 1. The summed E-state index contributed by atoms with van der Waals surface area (Å²) in [6, 6.07) is 4.92. The van der Waals surface area contributed by atoms with Crippen LogP contribution in [0.4, 0.5) is 5.82 Å². The fraction of sp³-hybridized carbons (Fsp3) is 0.500. The highest BCUT2D eigenvalue weighted by atomic mass is 16.2. The number of carbonyl (C=O) groups is 1. The minimum absolute atomic E-state index is 0.175. The summed E-state index contributed by atoms with van der Waals surface area (Å²) in [6.07, 6.45) is 5.25. The van der Waals surface area contributed by atoms with E-state index in [-0.39, 0.29) is 11.8 Å². The Morgan fingerprint density at radius 3 is 2.76 bits per heavy atom. The summed E-state index contributed by atoms with van der Waals surface area (Å²) < 4.78 is 1.85. The summed E-state index contributed by atoms with van der Waals surface area (Å²) >= 11 is 0. The highest BCUT2D eigenvalue weighted by Crippen LogP contribution is 2.37. The maximum Gasteiger partial charge on any atom is 0.223 e. The van der Waals surface area contributed by atoms with Crippen molar-refractivity contribution in [3.05, 3.63) is 41.3 Å². The molecule has 2 atom stereocenters. The summed E-state index contributed by atoms with van der Waals surface area (Å²) in [5.74, 6) is 1.35. The average Bonchev–Trinajstić information content (AvgIpc) is 3.56. The Morgan fingerprint density at radius 1 is 1.24 bits per heavy atom. The number of hydrogen-bond donors (Lipinski definition) is 2. The van der Waals surface area contributed by atoms with Crippen LogP contribution in [0, 0.1) is 13.8 Å². The highest BCUT2D eigenvalue weighted by Gasteiger charge is 2.29. The Labute approximate surface area is 218 Å². The molecule has 5 rings (SSSR count). The zero-order valence-corrected chi connectivity index (χ0v) is 23.0. The fourth-order valence-corrected chi connectivity index (χ4v) is 5.58. The van der Waals surface area contributed by atoms with Gasteiger partial charge in [0.15, 0.2) is 5.65 Å². The molecular formula is C28H38N8O. The molecule has 196 valence electrons. The lowest BCUT2D eigenvalue weighted by atomic mass is 9.95. The van der Waals surface area contributed by atoms with Crippen molar-refractivity contribution >= 4 is 28.4 Å². The summed E-state index contributed by atoms with van der Waals surface area (Å²) in [6.45, 7) is 12.6. The number of hydrogen-bond acceptors (Lipinski definition) is 6. The topological polar surface area (TPSA) is 94.5 Å². The van der Waals surface area contributed by atoms with E-state index < -0.39 is 0 Å². The highest BCUT2D eigenvalue weighted by molar-refractivity contribution is 5.90. The van der Waals surface area contributed by atoms with Crippen LogP contribution in [0.5, 0.6) is 0 Å². The predicted molar refractivity (Wildman–Crippen MR) is 148 cm³/mol. The van der Waals surface area contributed by atoms with E-state index in [1.54, 1.807) is 11.2 Å². The summed E-state index contributed by atoms with van der Waals surface area (Å²) in [4.78, 5) is 29.3. The van der Waals surface area contributed by atoms with Crippen molar-refractivity contribution in [2.75, 3.05) is 32.5 Å². The predicted octanol–water partition coefficient (Wildman–Crippen LogP) is 4.37. The van der Waals surface area contributed by atoms with E-state index >= 15 is 0 Å². The third-order valence-corrected chi connectivity index (χ3v) is 7.82. The molecule has 0 aliphatic carbocycles. The minimum Gasteiger partial charge on any atom is -0.366 e. The first-order valence-electron chi connectivity index (χ1n) is 13.2. The number of rotatable bonds is 7. The molecule has 37 heavy (non-hydrogen) atoms. The monoisotopic (exact) mass is 502 g/mol. The van der Waals surface area contributed by atoms with Crippen LogP contribution in [-0.2, 0) is 4.79 Å². The van der Waals surface area contributed by atoms with E-state index in [0.29, 0.717) is 18.5 Å². The zero-order chi connectivity index (χ0) is 26.4. The molecule has 1 fully saturated rings. The number of nitrogens with one attached hydrogen (secondary N) is 2. The Morgan fingerprint density at radius 2 is 2.03 bits per heavy atom. The van der Waals surface area contributed by atoms with Gasteiger partial charge in [-0.1, -0.05) is 13.8 Å². The number of nitrogens with zero attached hydrogens (tertiary/aromatic N) is 6. The summed E-state index contributed by atoms with van der Waals surface area (Å²) in [5, 5.41) is 8.07. The fourth-order valence-electron chi connectivity index (χ4n) is 5.58. The average molecular weight is 503 g/mol. The normalized spacial score (nSPS) is 18.4. The van der Waals surface area contributed by atoms with Crippen LogP contribution < -0.4 is 5.32 Å². The Bertz CT molecular complexity index is 1450. The van der Waals surface area contributed by atoms with Gasteiger partial charge in [-0.05, 0) is 56.4 Å². The SMILES string of the molecule is Cc1c(-c2[nH]c3ccc(N[C@H]4C[C@@H](C)N(CCC(=O)N(C)C)C4)nc3c2C(C)C)cn2ncnc2c1C. The van der Waals surface area contributed by atoms with E-state index in [1.807, 2.05) is 18.6 Å². The van der Waals surface area contributed by atoms with Gasteiger partial charge in [0.05, 0.1) is 16.7 Å². The second kappa shape index (κ2) is 9.78. The van der Waals surface area contributed by atoms with E-state index in [1.165, 1.54) is 11.1 Å². The second-order valence-corrected chi connectivity index (χ2v) is 10.9. The molecule has 0 radical (unpaired) electrons. The number of likely N-dealkylation sites (tertiary alicyclic amines) is 1. The molecule has 2 N–H and O–H groups in total. The Balaban J connectivity index is 1.43. The molecule has 0 unspecified atom stereocenters. The number of aromatic amines is 1. The largest absolute Gasteiger partial charge is 0.366 e. The van der Waals surface area contributed by atoms with Crippen molar-refractivity contribution in [1.29, 1.82) is 0 Å². The third kappa shape index (κ3) is 4.68. The molecular weight excluding hydrogens is 464 g/mol. The van der Waals surface area contributed by atoms with Gasteiger partial charge in [-0.2, -0.15) is 5.10 Å². The number of pyridine rings is 2. The Hall–Kier alpha value is -3.46. The van der Waals surface area contributed by atoms with Crippen LogP contribution in [0.2, 0.25) is 0 Å². The van der Waals surface area contributed by atoms with Crippen molar-refractivity contribution in [3.8, 4) is 11.3 Å². The molecule has 9 heteroatoms. The van der Waals surface area contributed by atoms with E-state index in [2.05, 4.69) is 78.2 Å². The first-order chi connectivity index (χ1) is 17.6. The van der Waals surface area contributed by atoms with Gasteiger partial charge in [-0.3, -0.25) is 9.69 Å². The molecule has 1 amide bonds. The van der Waals surface area contributed by atoms with Crippen molar-refractivity contribution in [3.63, 3.8) is 0 Å². The Kier molecular flexibility index (Phi) is 6.66. The molecule has 1 aliphatic rings. The van der Waals surface area contributed by atoms with Gasteiger partial charge in [0.2, 0.25) is 5.91 Å². The molecule has 0 saturated carbocycles. The molecule has 0 bridgehead atoms. The first-order valence-corrected chi connectivity index (χ1v) is 13.2. The number of anilines is 1. The minimum atomic E-state index is 0.175. The van der Waals surface area contributed by atoms with Crippen molar-refractivity contribution in [2.45, 2.75) is 65.5 Å². The molecule has 1 aliphatic heterocycles. The first kappa shape index (κ1) is 25.2. The van der Waals surface area contributed by atoms with Crippen molar-refractivity contribution < 1.29 is 4.79 Å². The maximum atomic E-state index is 12.0. The number of carbonyl (C=O) groups excluding carboxylic acids is 1. The van der Waals surface area contributed by atoms with Gasteiger partial charge in [-0.15, -0.1) is 0 Å². The third-order valence-electron chi connectivity index (χ3n) is 7.82. The standard InChI is InChI=1S/C28H38N8O/c1-16(2)25-26(21-14-36-28(29-15-30-36)19(5)18(21)4)32-22-8-9-23(33-27(22)25)31-20-12-17(3)35(13-20)11-10-24(37)34(6)7/h8-9,14-17,20,32H,10-13H2,1-7H3,(H,31,33)/t17-,20+/m1/s1. The zero-order valence-electron chi connectivity index (χ0n) is 23.0. The number of aromatic nitrogens is 5. The molecule has 4 aromatic heterocycles. The maximum absolute atomic E-state index is 12.0. The molecule has 0 aromatic carbocycles. The van der Waals surface area contributed by atoms with E-state index in [4.69, 9.17) is 4.98 Å². The smallest absolute Gasteiger partial charge is 0.223 e. The summed E-state index contributed by atoms with van der Waals surface area (Å²) in [7, 11) is 3.63. The lowest BCUT2D eigenvalue weighted by Gasteiger charge is -2.21. The summed E-state index contributed by atoms with van der Waals surface area (Å²) in [5.41, 5.74) is 8.68. The molecule has 4 aromatic rings. The van der Waals surface area contributed by atoms with Crippen molar-refractivity contribution in [2.24, 2.45) is 0 Å². The van der Waals surface area contributed by atoms with E-state index in [0.717, 1.165) is 58.8 Å². The quantitative estimate of drug-likeness (QED) is 0.390. The molecule has 9 nitrogen and oxygen atoms in total. The van der Waals surface area contributed by atoms with Crippen LogP contribution in [0.15, 0.2) is 24.7 Å². The molecule has 1 saturated heterocycles. The second-order valence-electron chi connectivity index (χ2n) is 10.9. The van der Waals surface area contributed by atoms with Crippen LogP contribution in [-0.4, -0.2) is 79.5 Å². The molecule has 0 spiro atoms.